The number of rotatable bonds is 29. The van der Waals surface area contributed by atoms with Crippen molar-refractivity contribution < 1.29 is 57.6 Å². The highest BCUT2D eigenvalue weighted by Crippen LogP contribution is 2.59. The molecule has 438 valence electrons. The van der Waals surface area contributed by atoms with Crippen molar-refractivity contribution in [3.05, 3.63) is 47.5 Å². The van der Waals surface area contributed by atoms with Crippen LogP contribution in [0.2, 0.25) is 0 Å². The smallest absolute Gasteiger partial charge is 0.306 e. The number of hydrogen-bond donors (Lipinski definition) is 7. The fraction of sp³-hybridized carbons (Fsp3) is 0.750. The van der Waals surface area contributed by atoms with E-state index in [0.29, 0.717) is 32.3 Å². The van der Waals surface area contributed by atoms with E-state index in [9.17, 15) is 38.7 Å². The Labute approximate surface area is 464 Å². The average Bonchev–Trinajstić information content (AvgIpc) is 4.35. The van der Waals surface area contributed by atoms with Crippen molar-refractivity contribution in [3.63, 3.8) is 0 Å². The molecule has 2 saturated carbocycles. The summed E-state index contributed by atoms with van der Waals surface area (Å²) in [6.45, 7) is 23.0. The molecule has 1 spiro atoms. The highest BCUT2D eigenvalue weighted by Gasteiger charge is 2.72. The first-order valence-corrected chi connectivity index (χ1v) is 28.8. The number of carbonyl (C=O) groups excluding carboxylic acids is 7. The van der Waals surface area contributed by atoms with Gasteiger partial charge in [-0.1, -0.05) is 97.4 Å². The second kappa shape index (κ2) is 28.0. The number of nitrogens with one attached hydrogen (secondary N) is 6. The molecule has 78 heavy (non-hydrogen) atoms. The van der Waals surface area contributed by atoms with Crippen molar-refractivity contribution in [2.24, 2.45) is 40.4 Å². The van der Waals surface area contributed by atoms with Gasteiger partial charge >= 0.3 is 5.97 Å². The highest BCUT2D eigenvalue weighted by molar-refractivity contribution is 5.95. The maximum atomic E-state index is 14.1. The third-order valence-electron chi connectivity index (χ3n) is 16.8. The van der Waals surface area contributed by atoms with Crippen molar-refractivity contribution in [3.8, 4) is 0 Å². The summed E-state index contributed by atoms with van der Waals surface area (Å²) in [7, 11) is 1.67. The number of amides is 6. The van der Waals surface area contributed by atoms with Crippen LogP contribution < -0.4 is 31.9 Å². The molecule has 7 unspecified atom stereocenters. The monoisotopic (exact) mass is 1090 g/mol. The fourth-order valence-corrected chi connectivity index (χ4v) is 12.2. The summed E-state index contributed by atoms with van der Waals surface area (Å²) >= 11 is 0. The van der Waals surface area contributed by atoms with Gasteiger partial charge in [-0.2, -0.15) is 0 Å². The third-order valence-corrected chi connectivity index (χ3v) is 16.8. The second-order valence-electron chi connectivity index (χ2n) is 25.3. The Kier molecular flexibility index (Phi) is 22.9. The molecule has 0 bridgehead atoms. The topological polar surface area (TPSA) is 255 Å². The van der Waals surface area contributed by atoms with Crippen molar-refractivity contribution >= 4 is 41.4 Å². The zero-order valence-electron chi connectivity index (χ0n) is 49.1. The molecule has 2 aliphatic carbocycles. The minimum absolute atomic E-state index is 0.0294. The lowest BCUT2D eigenvalue weighted by Crippen LogP contribution is -2.57. The van der Waals surface area contributed by atoms with Gasteiger partial charge in [0.25, 0.3) is 0 Å². The van der Waals surface area contributed by atoms with Crippen molar-refractivity contribution in [1.82, 2.24) is 31.9 Å². The van der Waals surface area contributed by atoms with Gasteiger partial charge in [-0.05, 0) is 121 Å². The maximum absolute atomic E-state index is 14.1. The highest BCUT2D eigenvalue weighted by atomic mass is 16.6. The average molecular weight is 1090 g/mol. The number of ether oxygens (including phenoxy) is 4. The zero-order chi connectivity index (χ0) is 57.8. The van der Waals surface area contributed by atoms with E-state index in [2.05, 4.69) is 58.7 Å². The fourth-order valence-electron chi connectivity index (χ4n) is 12.2. The Hall–Kier alpha value is -4.91. The van der Waals surface area contributed by atoms with E-state index < -0.39 is 70.9 Å². The van der Waals surface area contributed by atoms with Crippen LogP contribution in [-0.4, -0.2) is 134 Å². The quantitative estimate of drug-likeness (QED) is 0.0287. The molecule has 6 amide bonds. The summed E-state index contributed by atoms with van der Waals surface area (Å²) in [6.07, 6.45) is 7.04. The molecule has 7 N–H and O–H groups in total. The van der Waals surface area contributed by atoms with Gasteiger partial charge in [0.05, 0.1) is 37.8 Å². The Morgan fingerprint density at radius 3 is 2.05 bits per heavy atom. The summed E-state index contributed by atoms with van der Waals surface area (Å²) in [5.74, 6) is -3.20. The van der Waals surface area contributed by atoms with E-state index in [4.69, 9.17) is 18.9 Å². The van der Waals surface area contributed by atoms with Crippen LogP contribution in [0.15, 0.2) is 42.0 Å². The molecule has 2 aliphatic heterocycles. The molecule has 0 radical (unpaired) electrons. The Bertz CT molecular complexity index is 2240. The molecule has 0 aromatic heterocycles. The number of allylic oxidation sites excluding steroid dienone is 1. The lowest BCUT2D eigenvalue weighted by molar-refractivity contribution is -0.173. The molecule has 18 nitrogen and oxygen atoms in total. The van der Waals surface area contributed by atoms with Crippen molar-refractivity contribution in [2.45, 2.75) is 214 Å². The number of benzene rings is 1. The molecular formula is C60H96N6O12. The molecule has 2 saturated heterocycles. The van der Waals surface area contributed by atoms with E-state index in [-0.39, 0.29) is 110 Å². The second-order valence-corrected chi connectivity index (χ2v) is 25.3. The van der Waals surface area contributed by atoms with Crippen LogP contribution in [0.5, 0.6) is 0 Å². The van der Waals surface area contributed by atoms with Crippen LogP contribution in [0.3, 0.4) is 0 Å². The lowest BCUT2D eigenvalue weighted by atomic mass is 9.64. The summed E-state index contributed by atoms with van der Waals surface area (Å²) in [5, 5.41) is 26.8. The van der Waals surface area contributed by atoms with Gasteiger partial charge in [0, 0.05) is 43.4 Å². The number of esters is 1. The largest absolute Gasteiger partial charge is 0.460 e. The molecule has 5 rings (SSSR count). The molecule has 4 aliphatic rings. The predicted octanol–water partition coefficient (Wildman–Crippen LogP) is 5.76. The van der Waals surface area contributed by atoms with Crippen LogP contribution in [0, 0.1) is 40.4 Å². The summed E-state index contributed by atoms with van der Waals surface area (Å²) in [5.41, 5.74) is -0.788. The van der Waals surface area contributed by atoms with Crippen LogP contribution in [0.4, 0.5) is 0 Å². The maximum Gasteiger partial charge on any atom is 0.306 e. The Morgan fingerprint density at radius 2 is 1.47 bits per heavy atom. The Balaban J connectivity index is 1.11. The summed E-state index contributed by atoms with van der Waals surface area (Å²) in [4.78, 5) is 96.0. The first-order chi connectivity index (χ1) is 36.6. The van der Waals surface area contributed by atoms with Crippen LogP contribution >= 0.6 is 0 Å². The van der Waals surface area contributed by atoms with Gasteiger partial charge in [0.15, 0.2) is 0 Å². The number of aliphatic hydroxyl groups excluding tert-OH is 1. The molecule has 11 atom stereocenters. The summed E-state index contributed by atoms with van der Waals surface area (Å²) in [6, 6.07) is 6.80. The normalized spacial score (nSPS) is 27.2. The van der Waals surface area contributed by atoms with Gasteiger partial charge in [-0.3, -0.25) is 33.6 Å². The number of hydrogen-bond acceptors (Lipinski definition) is 12. The number of methoxy groups -OCH3 is 1. The third kappa shape index (κ3) is 17.8. The first-order valence-electron chi connectivity index (χ1n) is 28.8. The number of epoxide rings is 2. The van der Waals surface area contributed by atoms with E-state index in [1.807, 2.05) is 78.8 Å². The van der Waals surface area contributed by atoms with Gasteiger partial charge in [0.2, 0.25) is 35.4 Å². The minimum atomic E-state index is -1.13. The van der Waals surface area contributed by atoms with E-state index >= 15 is 0 Å². The summed E-state index contributed by atoms with van der Waals surface area (Å²) < 4.78 is 24.6. The minimum Gasteiger partial charge on any atom is -0.460 e. The zero-order valence-corrected chi connectivity index (χ0v) is 49.1. The van der Waals surface area contributed by atoms with Gasteiger partial charge in [-0.25, -0.2) is 0 Å². The molecule has 2 heterocycles. The van der Waals surface area contributed by atoms with Crippen LogP contribution in [0.25, 0.3) is 0 Å². The van der Waals surface area contributed by atoms with E-state index in [1.165, 1.54) is 5.57 Å². The molecular weight excluding hydrogens is 997 g/mol. The number of aliphatic hydroxyl groups is 1. The molecule has 1 aromatic rings. The van der Waals surface area contributed by atoms with E-state index in [1.54, 1.807) is 21.0 Å². The van der Waals surface area contributed by atoms with Crippen molar-refractivity contribution in [1.29, 1.82) is 0 Å². The van der Waals surface area contributed by atoms with Crippen LogP contribution in [0.1, 0.15) is 159 Å². The Morgan fingerprint density at radius 1 is 0.821 bits per heavy atom. The van der Waals surface area contributed by atoms with Crippen LogP contribution in [-0.2, 0) is 58.9 Å². The van der Waals surface area contributed by atoms with Gasteiger partial charge in [0.1, 0.15) is 35.5 Å². The van der Waals surface area contributed by atoms with E-state index in [0.717, 1.165) is 31.2 Å². The predicted molar refractivity (Wildman–Crippen MR) is 297 cm³/mol. The van der Waals surface area contributed by atoms with Gasteiger partial charge in [-0.15, -0.1) is 0 Å². The first kappa shape index (κ1) is 63.9. The van der Waals surface area contributed by atoms with Gasteiger partial charge < -0.3 is 56.0 Å². The molecule has 1 aromatic carbocycles. The SMILES string of the molecule is COC1C(OC(=O)C[C@H]2CC[C@H](NC(=O)CNC(=O)[C@H](CC(C)C)NC(=O)[C@H](Cc3ccccc3)NC(=O)CNC(=O)C(C)(CC(C)(CC(C)C)C(=O)NCC(C)O)C(C)C)CC2)CC[C@]2(CO2)C1C1(C)O[C@@H]1CC=C(C)C. The molecule has 18 heteroatoms. The van der Waals surface area contributed by atoms with Crippen molar-refractivity contribution in [2.75, 3.05) is 33.4 Å². The standard InChI is InChI=1S/C60H96N6O12/c1-36(2)19-24-47-59(12,78-47)52-51(75-13)46(25-26-60(52)35-76-60)77-50(70)29-42-20-22-43(23-21-42)64-48(68)32-61-53(71)44(27-37(3)4)66-54(72)45(28-41-17-15-14-16-18-41)65-49(69)33-63-56(74)58(11,39(7)8)34-57(10,30-38(5)6)55(73)62-31-40(9)67/h14-19,37-40,42-47,51-52,67H,20-35H2,1-13H3,(H,61,71)(H,62,73)(H,63,74)(H,64,68)(H,65,69)(H,66,72)/t40?,42-,43-,44-,45-,46?,47+,51?,52?,57?,58?,59?,60-/m0/s1. The molecule has 4 fully saturated rings. The lowest BCUT2D eigenvalue weighted by Gasteiger charge is -2.42. The number of carbonyl (C=O) groups is 7.